The van der Waals surface area contributed by atoms with Crippen molar-refractivity contribution in [1.29, 1.82) is 0 Å². The molecule has 4 heteroatoms. The van der Waals surface area contributed by atoms with E-state index < -0.39 is 0 Å². The monoisotopic (exact) mass is 297 g/mol. The molecular formula is C18H23N3O. The first-order chi connectivity index (χ1) is 10.6. The van der Waals surface area contributed by atoms with Gasteiger partial charge in [0.1, 0.15) is 0 Å². The SMILES string of the molecule is Cc1ccc(=O)n([C@H](c2ccccc2)C2CCN(C)CC2)n1. The van der Waals surface area contributed by atoms with Crippen LogP contribution in [-0.4, -0.2) is 34.8 Å². The Morgan fingerprint density at radius 2 is 1.77 bits per heavy atom. The van der Waals surface area contributed by atoms with E-state index in [2.05, 4.69) is 29.2 Å². The molecular weight excluding hydrogens is 274 g/mol. The van der Waals surface area contributed by atoms with Crippen molar-refractivity contribution in [2.45, 2.75) is 25.8 Å². The number of aryl methyl sites for hydroxylation is 1. The number of nitrogens with zero attached hydrogens (tertiary/aromatic N) is 3. The Labute approximate surface area is 131 Å². The van der Waals surface area contributed by atoms with Gasteiger partial charge in [-0.25, -0.2) is 4.68 Å². The summed E-state index contributed by atoms with van der Waals surface area (Å²) >= 11 is 0. The van der Waals surface area contributed by atoms with Gasteiger partial charge in [0.25, 0.3) is 5.56 Å². The van der Waals surface area contributed by atoms with Gasteiger partial charge >= 0.3 is 0 Å². The van der Waals surface area contributed by atoms with Crippen LogP contribution in [0, 0.1) is 12.8 Å². The predicted molar refractivity (Wildman–Crippen MR) is 88.0 cm³/mol. The molecule has 2 aromatic rings. The minimum atomic E-state index is -0.0154. The summed E-state index contributed by atoms with van der Waals surface area (Å²) in [5, 5.41) is 4.53. The van der Waals surface area contributed by atoms with E-state index in [-0.39, 0.29) is 11.6 Å². The minimum absolute atomic E-state index is 0.0154. The number of likely N-dealkylation sites (tertiary alicyclic amines) is 1. The molecule has 22 heavy (non-hydrogen) atoms. The van der Waals surface area contributed by atoms with Gasteiger partial charge in [0.05, 0.1) is 11.7 Å². The van der Waals surface area contributed by atoms with Gasteiger partial charge in [0.2, 0.25) is 0 Å². The second-order valence-electron chi connectivity index (χ2n) is 6.25. The zero-order valence-electron chi connectivity index (χ0n) is 13.3. The number of hydrogen-bond donors (Lipinski definition) is 0. The molecule has 0 spiro atoms. The maximum absolute atomic E-state index is 12.4. The molecule has 1 aromatic heterocycles. The van der Waals surface area contributed by atoms with Gasteiger partial charge in [-0.3, -0.25) is 4.79 Å². The molecule has 1 fully saturated rings. The average Bonchev–Trinajstić information content (AvgIpc) is 2.54. The summed E-state index contributed by atoms with van der Waals surface area (Å²) < 4.78 is 1.70. The Morgan fingerprint density at radius 1 is 1.09 bits per heavy atom. The molecule has 0 aliphatic carbocycles. The fourth-order valence-electron chi connectivity index (χ4n) is 3.33. The standard InChI is InChI=1S/C18H23N3O/c1-14-8-9-17(22)21(19-14)18(15-6-4-3-5-7-15)16-10-12-20(2)13-11-16/h3-9,16,18H,10-13H2,1-2H3/t18-/m1/s1. The molecule has 2 heterocycles. The molecule has 1 atom stereocenters. The first kappa shape index (κ1) is 15.0. The molecule has 0 saturated carbocycles. The van der Waals surface area contributed by atoms with E-state index in [0.717, 1.165) is 31.6 Å². The van der Waals surface area contributed by atoms with Gasteiger partial charge in [-0.05, 0) is 57.5 Å². The highest BCUT2D eigenvalue weighted by Gasteiger charge is 2.29. The second-order valence-corrected chi connectivity index (χ2v) is 6.25. The quantitative estimate of drug-likeness (QED) is 0.873. The highest BCUT2D eigenvalue weighted by atomic mass is 16.1. The van der Waals surface area contributed by atoms with Crippen molar-refractivity contribution in [3.63, 3.8) is 0 Å². The van der Waals surface area contributed by atoms with E-state index in [1.165, 1.54) is 5.56 Å². The first-order valence-corrected chi connectivity index (χ1v) is 7.95. The molecule has 1 aliphatic rings. The van der Waals surface area contributed by atoms with Crippen molar-refractivity contribution in [3.8, 4) is 0 Å². The number of hydrogen-bond acceptors (Lipinski definition) is 3. The topological polar surface area (TPSA) is 38.1 Å². The van der Waals surface area contributed by atoms with Crippen LogP contribution in [0.25, 0.3) is 0 Å². The van der Waals surface area contributed by atoms with Gasteiger partial charge in [-0.15, -0.1) is 0 Å². The fourth-order valence-corrected chi connectivity index (χ4v) is 3.33. The molecule has 3 rings (SSSR count). The van der Waals surface area contributed by atoms with Crippen LogP contribution in [0.1, 0.15) is 30.1 Å². The Balaban J connectivity index is 2.03. The van der Waals surface area contributed by atoms with Crippen LogP contribution in [0.4, 0.5) is 0 Å². The van der Waals surface area contributed by atoms with Crippen molar-refractivity contribution in [2.24, 2.45) is 5.92 Å². The molecule has 1 aromatic carbocycles. The third kappa shape index (κ3) is 3.12. The van der Waals surface area contributed by atoms with Gasteiger partial charge in [-0.1, -0.05) is 30.3 Å². The number of benzene rings is 1. The van der Waals surface area contributed by atoms with Crippen LogP contribution in [0.2, 0.25) is 0 Å². The molecule has 0 radical (unpaired) electrons. The van der Waals surface area contributed by atoms with E-state index in [9.17, 15) is 4.79 Å². The smallest absolute Gasteiger partial charge is 0.267 e. The van der Waals surface area contributed by atoms with Crippen molar-refractivity contribution >= 4 is 0 Å². The van der Waals surface area contributed by atoms with Crippen LogP contribution in [-0.2, 0) is 0 Å². The molecule has 1 aliphatic heterocycles. The second kappa shape index (κ2) is 6.44. The molecule has 0 unspecified atom stereocenters. The van der Waals surface area contributed by atoms with E-state index in [1.54, 1.807) is 16.8 Å². The zero-order chi connectivity index (χ0) is 15.5. The van der Waals surface area contributed by atoms with Crippen LogP contribution in [0.5, 0.6) is 0 Å². The summed E-state index contributed by atoms with van der Waals surface area (Å²) in [6, 6.07) is 13.8. The fraction of sp³-hybridized carbons (Fsp3) is 0.444. The Hall–Kier alpha value is -1.94. The van der Waals surface area contributed by atoms with Crippen molar-refractivity contribution in [1.82, 2.24) is 14.7 Å². The maximum Gasteiger partial charge on any atom is 0.267 e. The van der Waals surface area contributed by atoms with Gasteiger partial charge in [0, 0.05) is 6.07 Å². The zero-order valence-corrected chi connectivity index (χ0v) is 13.3. The lowest BCUT2D eigenvalue weighted by molar-refractivity contribution is 0.179. The largest absolute Gasteiger partial charge is 0.306 e. The highest BCUT2D eigenvalue weighted by Crippen LogP contribution is 2.32. The third-order valence-corrected chi connectivity index (χ3v) is 4.57. The Kier molecular flexibility index (Phi) is 4.39. The first-order valence-electron chi connectivity index (χ1n) is 7.95. The van der Waals surface area contributed by atoms with Crippen LogP contribution < -0.4 is 5.56 Å². The Bertz CT molecular complexity index is 672. The predicted octanol–water partition coefficient (Wildman–Crippen LogP) is 2.48. The van der Waals surface area contributed by atoms with Crippen molar-refractivity contribution in [2.75, 3.05) is 20.1 Å². The number of aromatic nitrogens is 2. The molecule has 0 amide bonds. The lowest BCUT2D eigenvalue weighted by Crippen LogP contribution is -2.38. The van der Waals surface area contributed by atoms with E-state index in [0.29, 0.717) is 5.92 Å². The molecule has 0 bridgehead atoms. The number of piperidine rings is 1. The summed E-state index contributed by atoms with van der Waals surface area (Å²) in [7, 11) is 2.16. The minimum Gasteiger partial charge on any atom is -0.306 e. The summed E-state index contributed by atoms with van der Waals surface area (Å²) in [5.41, 5.74) is 2.05. The summed E-state index contributed by atoms with van der Waals surface area (Å²) in [6.45, 7) is 4.09. The normalized spacial score (nSPS) is 18.3. The van der Waals surface area contributed by atoms with Gasteiger partial charge in [0.15, 0.2) is 0 Å². The van der Waals surface area contributed by atoms with Crippen LogP contribution in [0.15, 0.2) is 47.3 Å². The molecule has 116 valence electrons. The summed E-state index contributed by atoms with van der Waals surface area (Å²) in [5.74, 6) is 0.450. The maximum atomic E-state index is 12.4. The lowest BCUT2D eigenvalue weighted by Gasteiger charge is -2.34. The van der Waals surface area contributed by atoms with E-state index in [1.807, 2.05) is 25.1 Å². The third-order valence-electron chi connectivity index (χ3n) is 4.57. The van der Waals surface area contributed by atoms with Crippen LogP contribution >= 0.6 is 0 Å². The van der Waals surface area contributed by atoms with E-state index >= 15 is 0 Å². The number of rotatable bonds is 3. The van der Waals surface area contributed by atoms with Crippen LogP contribution in [0.3, 0.4) is 0 Å². The summed E-state index contributed by atoms with van der Waals surface area (Å²) in [6.07, 6.45) is 2.19. The van der Waals surface area contributed by atoms with Gasteiger partial charge < -0.3 is 4.90 Å². The van der Waals surface area contributed by atoms with E-state index in [4.69, 9.17) is 0 Å². The highest BCUT2D eigenvalue weighted by molar-refractivity contribution is 5.21. The van der Waals surface area contributed by atoms with Crippen molar-refractivity contribution in [3.05, 3.63) is 64.1 Å². The summed E-state index contributed by atoms with van der Waals surface area (Å²) in [4.78, 5) is 14.7. The van der Waals surface area contributed by atoms with Crippen molar-refractivity contribution < 1.29 is 0 Å². The molecule has 4 nitrogen and oxygen atoms in total. The molecule has 1 saturated heterocycles. The average molecular weight is 297 g/mol. The van der Waals surface area contributed by atoms with Gasteiger partial charge in [-0.2, -0.15) is 5.10 Å². The molecule has 0 N–H and O–H groups in total. The Morgan fingerprint density at radius 3 is 2.45 bits per heavy atom. The lowest BCUT2D eigenvalue weighted by atomic mass is 9.85.